The van der Waals surface area contributed by atoms with E-state index in [0.717, 1.165) is 11.3 Å². The Morgan fingerprint density at radius 1 is 1.35 bits per heavy atom. The molecule has 0 aliphatic carbocycles. The quantitative estimate of drug-likeness (QED) is 0.613. The monoisotopic (exact) mass is 227 g/mol. The average molecular weight is 227 g/mol. The lowest BCUT2D eigenvalue weighted by Gasteiger charge is -2.01. The van der Waals surface area contributed by atoms with Gasteiger partial charge in [0.15, 0.2) is 0 Å². The molecule has 0 atom stereocenters. The highest BCUT2D eigenvalue weighted by Crippen LogP contribution is 2.17. The van der Waals surface area contributed by atoms with Gasteiger partial charge in [-0.3, -0.25) is 0 Å². The fourth-order valence-electron chi connectivity index (χ4n) is 1.29. The molecule has 0 radical (unpaired) electrons. The molecular weight excluding hydrogens is 210 g/mol. The number of benzene rings is 1. The number of aryl methyl sites for hydroxylation is 1. The first-order chi connectivity index (χ1) is 8.17. The van der Waals surface area contributed by atoms with Crippen molar-refractivity contribution < 1.29 is 0 Å². The van der Waals surface area contributed by atoms with E-state index in [-0.39, 0.29) is 0 Å². The van der Waals surface area contributed by atoms with Crippen LogP contribution in [0.15, 0.2) is 66.0 Å². The van der Waals surface area contributed by atoms with Crippen LogP contribution in [-0.2, 0) is 0 Å². The molecule has 3 nitrogen and oxygen atoms in total. The Labute approximate surface area is 102 Å². The van der Waals surface area contributed by atoms with E-state index >= 15 is 0 Å². The highest BCUT2D eigenvalue weighted by Gasteiger charge is 1.96. The van der Waals surface area contributed by atoms with Gasteiger partial charge in [0.05, 0.1) is 11.4 Å². The summed E-state index contributed by atoms with van der Waals surface area (Å²) in [6, 6.07) is 7.87. The molecule has 0 aliphatic rings. The molecule has 0 spiro atoms. The second-order valence-electron chi connectivity index (χ2n) is 3.53. The van der Waals surface area contributed by atoms with Crippen molar-refractivity contribution in [1.82, 2.24) is 0 Å². The summed E-state index contributed by atoms with van der Waals surface area (Å²) in [5.41, 5.74) is 14.2. The molecule has 0 heterocycles. The first-order valence-corrected chi connectivity index (χ1v) is 5.29. The lowest BCUT2D eigenvalue weighted by Crippen LogP contribution is -1.99. The van der Waals surface area contributed by atoms with E-state index in [9.17, 15) is 0 Å². The van der Waals surface area contributed by atoms with Gasteiger partial charge in [0, 0.05) is 5.70 Å². The van der Waals surface area contributed by atoms with E-state index in [0.29, 0.717) is 11.4 Å². The number of para-hydroxylation sites is 1. The topological polar surface area (TPSA) is 64.4 Å². The van der Waals surface area contributed by atoms with Crippen molar-refractivity contribution in [3.63, 3.8) is 0 Å². The van der Waals surface area contributed by atoms with Crippen molar-refractivity contribution >= 4 is 11.4 Å². The van der Waals surface area contributed by atoms with Crippen molar-refractivity contribution in [3.8, 4) is 0 Å². The predicted molar refractivity (Wildman–Crippen MR) is 74.1 cm³/mol. The zero-order chi connectivity index (χ0) is 12.7. The maximum atomic E-state index is 5.72. The molecule has 17 heavy (non-hydrogen) atoms. The van der Waals surface area contributed by atoms with E-state index in [2.05, 4.69) is 11.6 Å². The molecule has 88 valence electrons. The fourth-order valence-corrected chi connectivity index (χ4v) is 1.29. The van der Waals surface area contributed by atoms with Gasteiger partial charge >= 0.3 is 0 Å². The van der Waals surface area contributed by atoms with Crippen molar-refractivity contribution in [2.45, 2.75) is 6.92 Å². The van der Waals surface area contributed by atoms with Crippen LogP contribution in [0.4, 0.5) is 5.69 Å². The van der Waals surface area contributed by atoms with Crippen LogP contribution >= 0.6 is 0 Å². The van der Waals surface area contributed by atoms with Gasteiger partial charge in [0.2, 0.25) is 0 Å². The standard InChI is InChI=1S/C14H17N3/c1-3-13(10-12(16)8-9-15)17-14-7-5-4-6-11(14)2/h3-10H,1,15-16H2,2H3/b9-8+,12-10+,17-13?. The van der Waals surface area contributed by atoms with Crippen LogP contribution in [0.5, 0.6) is 0 Å². The minimum absolute atomic E-state index is 0.541. The molecule has 0 saturated heterocycles. The fraction of sp³-hybridized carbons (Fsp3) is 0.0714. The first kappa shape index (κ1) is 12.8. The lowest BCUT2D eigenvalue weighted by molar-refractivity contribution is 1.38. The average Bonchev–Trinajstić information content (AvgIpc) is 2.31. The van der Waals surface area contributed by atoms with Crippen molar-refractivity contribution in [3.05, 3.63) is 66.5 Å². The van der Waals surface area contributed by atoms with Gasteiger partial charge in [-0.25, -0.2) is 4.99 Å². The van der Waals surface area contributed by atoms with Gasteiger partial charge in [-0.1, -0.05) is 24.8 Å². The minimum Gasteiger partial charge on any atom is -0.405 e. The van der Waals surface area contributed by atoms with Crippen LogP contribution in [0.2, 0.25) is 0 Å². The maximum Gasteiger partial charge on any atom is 0.0666 e. The number of hydrogen-bond donors (Lipinski definition) is 2. The molecule has 0 fully saturated rings. The van der Waals surface area contributed by atoms with E-state index in [4.69, 9.17) is 11.5 Å². The molecule has 1 rings (SSSR count). The second-order valence-corrected chi connectivity index (χ2v) is 3.53. The SMILES string of the molecule is C=CC(/C=C(N)\C=C\N)=Nc1ccccc1C. The third-order valence-electron chi connectivity index (χ3n) is 2.18. The predicted octanol–water partition coefficient (Wildman–Crippen LogP) is 2.57. The Hall–Kier alpha value is -2.29. The maximum absolute atomic E-state index is 5.72. The second kappa shape index (κ2) is 6.33. The Balaban J connectivity index is 3.07. The summed E-state index contributed by atoms with van der Waals surface area (Å²) in [4.78, 5) is 4.47. The Bertz CT molecular complexity index is 482. The largest absolute Gasteiger partial charge is 0.405 e. The zero-order valence-corrected chi connectivity index (χ0v) is 9.93. The molecule has 0 unspecified atom stereocenters. The van der Waals surface area contributed by atoms with Gasteiger partial charge in [0.25, 0.3) is 0 Å². The van der Waals surface area contributed by atoms with E-state index < -0.39 is 0 Å². The van der Waals surface area contributed by atoms with Crippen LogP contribution in [0.25, 0.3) is 0 Å². The molecule has 4 N–H and O–H groups in total. The highest BCUT2D eigenvalue weighted by atomic mass is 14.7. The van der Waals surface area contributed by atoms with Crippen LogP contribution < -0.4 is 11.5 Å². The van der Waals surface area contributed by atoms with Crippen molar-refractivity contribution in [2.75, 3.05) is 0 Å². The summed E-state index contributed by atoms with van der Waals surface area (Å²) in [6.45, 7) is 5.72. The Kier molecular flexibility index (Phi) is 4.76. The molecule has 0 aliphatic heterocycles. The Morgan fingerprint density at radius 3 is 2.65 bits per heavy atom. The van der Waals surface area contributed by atoms with Gasteiger partial charge in [-0.15, -0.1) is 0 Å². The normalized spacial score (nSPS) is 13.0. The van der Waals surface area contributed by atoms with E-state index in [1.807, 2.05) is 31.2 Å². The summed E-state index contributed by atoms with van der Waals surface area (Å²) in [5.74, 6) is 0. The molecule has 0 aromatic heterocycles. The summed E-state index contributed by atoms with van der Waals surface area (Å²) in [6.07, 6.45) is 6.38. The summed E-state index contributed by atoms with van der Waals surface area (Å²) < 4.78 is 0. The summed E-state index contributed by atoms with van der Waals surface area (Å²) in [5, 5.41) is 0. The number of aliphatic imine (C=N–C) groups is 1. The minimum atomic E-state index is 0.541. The third kappa shape index (κ3) is 3.99. The van der Waals surface area contributed by atoms with Gasteiger partial charge < -0.3 is 11.5 Å². The summed E-state index contributed by atoms with van der Waals surface area (Å²) in [7, 11) is 0. The van der Waals surface area contributed by atoms with E-state index in [1.54, 1.807) is 18.2 Å². The number of nitrogens with two attached hydrogens (primary N) is 2. The molecule has 0 bridgehead atoms. The molecular formula is C14H17N3. The number of hydrogen-bond acceptors (Lipinski definition) is 3. The van der Waals surface area contributed by atoms with Crippen molar-refractivity contribution in [1.29, 1.82) is 0 Å². The number of nitrogens with zero attached hydrogens (tertiary/aromatic N) is 1. The number of allylic oxidation sites excluding steroid dienone is 3. The highest BCUT2D eigenvalue weighted by molar-refractivity contribution is 6.05. The zero-order valence-electron chi connectivity index (χ0n) is 9.93. The van der Waals surface area contributed by atoms with Crippen LogP contribution in [0.1, 0.15) is 5.56 Å². The first-order valence-electron chi connectivity index (χ1n) is 5.29. The van der Waals surface area contributed by atoms with Crippen LogP contribution in [0, 0.1) is 6.92 Å². The summed E-state index contributed by atoms with van der Waals surface area (Å²) >= 11 is 0. The Morgan fingerprint density at radius 2 is 2.06 bits per heavy atom. The lowest BCUT2D eigenvalue weighted by atomic mass is 10.2. The molecule has 0 amide bonds. The molecule has 1 aromatic carbocycles. The number of rotatable bonds is 4. The van der Waals surface area contributed by atoms with Crippen LogP contribution in [-0.4, -0.2) is 5.71 Å². The van der Waals surface area contributed by atoms with Gasteiger partial charge in [-0.05, 0) is 43.0 Å². The smallest absolute Gasteiger partial charge is 0.0666 e. The van der Waals surface area contributed by atoms with Gasteiger partial charge in [0.1, 0.15) is 0 Å². The molecule has 0 saturated carbocycles. The van der Waals surface area contributed by atoms with Crippen LogP contribution in [0.3, 0.4) is 0 Å². The third-order valence-corrected chi connectivity index (χ3v) is 2.18. The van der Waals surface area contributed by atoms with E-state index in [1.165, 1.54) is 6.20 Å². The van der Waals surface area contributed by atoms with Gasteiger partial charge in [-0.2, -0.15) is 0 Å². The molecule has 3 heteroatoms. The van der Waals surface area contributed by atoms with Crippen molar-refractivity contribution in [2.24, 2.45) is 16.5 Å². The molecule has 1 aromatic rings.